The number of hydrogen-bond acceptors (Lipinski definition) is 3. The van der Waals surface area contributed by atoms with Crippen LogP contribution in [0, 0.1) is 11.7 Å². The van der Waals surface area contributed by atoms with Gasteiger partial charge in [0, 0.05) is 31.0 Å². The van der Waals surface area contributed by atoms with Crippen LogP contribution in [0.3, 0.4) is 0 Å². The van der Waals surface area contributed by atoms with Gasteiger partial charge in [0.2, 0.25) is 5.91 Å². The summed E-state index contributed by atoms with van der Waals surface area (Å²) in [6.07, 6.45) is 3.09. The normalized spacial score (nSPS) is 14.3. The van der Waals surface area contributed by atoms with Gasteiger partial charge in [0.05, 0.1) is 5.56 Å². The van der Waals surface area contributed by atoms with Crippen LogP contribution in [0.25, 0.3) is 0 Å². The molecule has 41 heavy (non-hydrogen) atoms. The molecule has 1 saturated heterocycles. The number of alkyl halides is 1. The minimum atomic E-state index is -0.865. The van der Waals surface area contributed by atoms with Gasteiger partial charge in [-0.1, -0.05) is 72.8 Å². The zero-order valence-corrected chi connectivity index (χ0v) is 23.5. The van der Waals surface area contributed by atoms with Crippen molar-refractivity contribution in [2.45, 2.75) is 31.2 Å². The molecule has 0 aromatic heterocycles. The Hall–Kier alpha value is -4.16. The second-order valence-corrected chi connectivity index (χ2v) is 10.9. The van der Waals surface area contributed by atoms with Gasteiger partial charge in [0.15, 0.2) is 0 Å². The molecule has 1 atom stereocenters. The van der Waals surface area contributed by atoms with Crippen molar-refractivity contribution in [3.05, 3.63) is 131 Å². The van der Waals surface area contributed by atoms with E-state index in [-0.39, 0.29) is 24.2 Å². The lowest BCUT2D eigenvalue weighted by Gasteiger charge is -2.35. The molecule has 0 radical (unpaired) electrons. The van der Waals surface area contributed by atoms with E-state index in [0.717, 1.165) is 43.6 Å². The molecule has 5 rings (SSSR count). The number of nitrogens with one attached hydrogen (secondary N) is 2. The fourth-order valence-corrected chi connectivity index (χ4v) is 5.46. The van der Waals surface area contributed by atoms with Crippen molar-refractivity contribution < 1.29 is 14.0 Å². The summed E-state index contributed by atoms with van der Waals surface area (Å²) in [4.78, 5) is 28.7. The zero-order valence-electron chi connectivity index (χ0n) is 22.7. The molecule has 0 bridgehead atoms. The van der Waals surface area contributed by atoms with Crippen LogP contribution in [0.1, 0.15) is 45.3 Å². The van der Waals surface area contributed by atoms with Gasteiger partial charge < -0.3 is 15.5 Å². The third-order valence-electron chi connectivity index (χ3n) is 7.52. The lowest BCUT2D eigenvalue weighted by Crippen LogP contribution is -2.36. The molecular weight excluding hydrogens is 537 g/mol. The molecule has 1 aliphatic heterocycles. The van der Waals surface area contributed by atoms with Crippen molar-refractivity contribution in [1.29, 1.82) is 0 Å². The van der Waals surface area contributed by atoms with E-state index in [4.69, 9.17) is 11.6 Å². The van der Waals surface area contributed by atoms with Crippen molar-refractivity contribution in [2.24, 2.45) is 5.92 Å². The molecular formula is C34H33ClFN3O2. The van der Waals surface area contributed by atoms with Crippen LogP contribution in [-0.4, -0.2) is 24.9 Å². The second-order valence-electron chi connectivity index (χ2n) is 10.4. The van der Waals surface area contributed by atoms with Gasteiger partial charge in [-0.3, -0.25) is 9.59 Å². The van der Waals surface area contributed by atoms with Gasteiger partial charge >= 0.3 is 0 Å². The van der Waals surface area contributed by atoms with E-state index in [9.17, 15) is 14.0 Å². The molecule has 5 nitrogen and oxygen atoms in total. The highest BCUT2D eigenvalue weighted by Crippen LogP contribution is 2.31. The highest BCUT2D eigenvalue weighted by molar-refractivity contribution is 6.32. The first-order valence-corrected chi connectivity index (χ1v) is 14.4. The highest BCUT2D eigenvalue weighted by atomic mass is 35.5. The Balaban J connectivity index is 1.32. The SMILES string of the molecule is O=C(NCc1ccc(F)cc1)c1cc(NC(=O)[C@@H](Cl)c2ccccc2)ccc1N1CCC(Cc2ccccc2)CC1. The van der Waals surface area contributed by atoms with Crippen LogP contribution >= 0.6 is 11.6 Å². The number of hydrogen-bond donors (Lipinski definition) is 2. The van der Waals surface area contributed by atoms with Crippen LogP contribution in [-0.2, 0) is 17.8 Å². The fraction of sp³-hybridized carbons (Fsp3) is 0.235. The zero-order chi connectivity index (χ0) is 28.6. The Morgan fingerprint density at radius 1 is 0.854 bits per heavy atom. The summed E-state index contributed by atoms with van der Waals surface area (Å²) < 4.78 is 13.3. The summed E-state index contributed by atoms with van der Waals surface area (Å²) in [6.45, 7) is 1.92. The van der Waals surface area contributed by atoms with Crippen molar-refractivity contribution in [1.82, 2.24) is 5.32 Å². The summed E-state index contributed by atoms with van der Waals surface area (Å²) in [6, 6.07) is 31.1. The quantitative estimate of drug-likeness (QED) is 0.211. The van der Waals surface area contributed by atoms with Crippen LogP contribution in [0.5, 0.6) is 0 Å². The Bertz CT molecular complexity index is 1460. The molecule has 0 aliphatic carbocycles. The summed E-state index contributed by atoms with van der Waals surface area (Å²) in [5, 5.41) is 4.96. The molecule has 7 heteroatoms. The van der Waals surface area contributed by atoms with Crippen molar-refractivity contribution in [2.75, 3.05) is 23.3 Å². The predicted molar refractivity (Wildman–Crippen MR) is 163 cm³/mol. The molecule has 2 N–H and O–H groups in total. The first-order valence-electron chi connectivity index (χ1n) is 13.9. The first kappa shape index (κ1) is 28.4. The van der Waals surface area contributed by atoms with E-state index >= 15 is 0 Å². The summed E-state index contributed by atoms with van der Waals surface area (Å²) in [5.74, 6) is -0.376. The Morgan fingerprint density at radius 2 is 1.51 bits per heavy atom. The highest BCUT2D eigenvalue weighted by Gasteiger charge is 2.25. The third kappa shape index (κ3) is 7.53. The number of carbonyl (C=O) groups excluding carboxylic acids is 2. The number of rotatable bonds is 9. The average Bonchev–Trinajstić information content (AvgIpc) is 3.01. The molecule has 1 fully saturated rings. The lowest BCUT2D eigenvalue weighted by atomic mass is 9.89. The standard InChI is InChI=1S/C34H33ClFN3O2/c35-32(27-9-5-2-6-10-27)34(41)38-29-15-16-31(30(22-29)33(40)37-23-26-11-13-28(36)14-12-26)39-19-17-25(18-20-39)21-24-7-3-1-4-8-24/h1-16,22,25,32H,17-21,23H2,(H,37,40)(H,38,41)/t32-/m0/s1. The first-order chi connectivity index (χ1) is 20.0. The number of nitrogens with zero attached hydrogens (tertiary/aromatic N) is 1. The number of carbonyl (C=O) groups is 2. The number of benzene rings is 4. The number of anilines is 2. The maximum absolute atomic E-state index is 13.5. The molecule has 0 spiro atoms. The predicted octanol–water partition coefficient (Wildman–Crippen LogP) is 7.13. The van der Waals surface area contributed by atoms with Gasteiger partial charge in [-0.15, -0.1) is 11.6 Å². The molecule has 4 aromatic rings. The monoisotopic (exact) mass is 569 g/mol. The third-order valence-corrected chi connectivity index (χ3v) is 7.97. The van der Waals surface area contributed by atoms with E-state index in [0.29, 0.717) is 22.7 Å². The van der Waals surface area contributed by atoms with E-state index in [1.54, 1.807) is 30.3 Å². The van der Waals surface area contributed by atoms with E-state index in [1.807, 2.05) is 36.4 Å². The van der Waals surface area contributed by atoms with Gasteiger partial charge in [0.1, 0.15) is 11.2 Å². The maximum Gasteiger partial charge on any atom is 0.253 e. The maximum atomic E-state index is 13.5. The van der Waals surface area contributed by atoms with Gasteiger partial charge in [0.25, 0.3) is 5.91 Å². The molecule has 1 aliphatic rings. The van der Waals surface area contributed by atoms with E-state index < -0.39 is 5.38 Å². The Kier molecular flexibility index (Phi) is 9.32. The van der Waals surface area contributed by atoms with E-state index in [1.165, 1.54) is 17.7 Å². The van der Waals surface area contributed by atoms with Crippen LogP contribution in [0.4, 0.5) is 15.8 Å². The summed E-state index contributed by atoms with van der Waals surface area (Å²) in [7, 11) is 0. The smallest absolute Gasteiger partial charge is 0.253 e. The molecule has 4 aromatic carbocycles. The number of piperidine rings is 1. The van der Waals surface area contributed by atoms with Crippen molar-refractivity contribution in [3.63, 3.8) is 0 Å². The van der Waals surface area contributed by atoms with Crippen LogP contribution in [0.15, 0.2) is 103 Å². The van der Waals surface area contributed by atoms with Gasteiger partial charge in [-0.2, -0.15) is 0 Å². The largest absolute Gasteiger partial charge is 0.371 e. The Morgan fingerprint density at radius 3 is 2.20 bits per heavy atom. The van der Waals surface area contributed by atoms with Gasteiger partial charge in [-0.05, 0) is 72.2 Å². The molecule has 0 saturated carbocycles. The lowest BCUT2D eigenvalue weighted by molar-refractivity contribution is -0.116. The molecule has 1 heterocycles. The van der Waals surface area contributed by atoms with Crippen molar-refractivity contribution >= 4 is 34.8 Å². The average molecular weight is 570 g/mol. The molecule has 2 amide bonds. The minimum absolute atomic E-state index is 0.256. The molecule has 210 valence electrons. The minimum Gasteiger partial charge on any atom is -0.371 e. The fourth-order valence-electron chi connectivity index (χ4n) is 5.26. The summed E-state index contributed by atoms with van der Waals surface area (Å²) in [5.41, 5.74) is 4.62. The van der Waals surface area contributed by atoms with Crippen LogP contribution in [0.2, 0.25) is 0 Å². The number of amides is 2. The summed E-state index contributed by atoms with van der Waals surface area (Å²) >= 11 is 6.44. The van der Waals surface area contributed by atoms with Gasteiger partial charge in [-0.25, -0.2) is 4.39 Å². The van der Waals surface area contributed by atoms with Crippen molar-refractivity contribution in [3.8, 4) is 0 Å². The topological polar surface area (TPSA) is 61.4 Å². The Labute approximate surface area is 245 Å². The van der Waals surface area contributed by atoms with E-state index in [2.05, 4.69) is 39.8 Å². The second kappa shape index (κ2) is 13.5. The molecule has 0 unspecified atom stereocenters. The van der Waals surface area contributed by atoms with Crippen LogP contribution < -0.4 is 15.5 Å². The number of halogens is 2.